The summed E-state index contributed by atoms with van der Waals surface area (Å²) in [5, 5.41) is 27.3. The van der Waals surface area contributed by atoms with Gasteiger partial charge in [0.15, 0.2) is 0 Å². The number of aromatic nitrogens is 4. The number of fused-ring (bicyclic) bond motifs is 1. The quantitative estimate of drug-likeness (QED) is 0.643. The molecule has 1 atom stereocenters. The zero-order valence-corrected chi connectivity index (χ0v) is 13.8. The molecule has 27 heavy (non-hydrogen) atoms. The summed E-state index contributed by atoms with van der Waals surface area (Å²) >= 11 is 0. The Morgan fingerprint density at radius 1 is 1.48 bits per heavy atom. The molecule has 0 radical (unpaired) electrons. The van der Waals surface area contributed by atoms with Gasteiger partial charge in [0, 0.05) is 6.07 Å². The topological polar surface area (TPSA) is 137 Å². The van der Waals surface area contributed by atoms with Crippen molar-refractivity contribution in [2.75, 3.05) is 0 Å². The summed E-state index contributed by atoms with van der Waals surface area (Å²) in [6.45, 7) is 0. The van der Waals surface area contributed by atoms with Crippen LogP contribution in [0.25, 0.3) is 16.7 Å². The summed E-state index contributed by atoms with van der Waals surface area (Å²) in [5.74, 6) is -0.357. The monoisotopic (exact) mass is 368 g/mol. The van der Waals surface area contributed by atoms with E-state index in [1.165, 1.54) is 16.8 Å². The van der Waals surface area contributed by atoms with Crippen LogP contribution in [0.2, 0.25) is 0 Å². The molecule has 4 rings (SSSR count). The molecule has 1 saturated carbocycles. The van der Waals surface area contributed by atoms with Crippen LogP contribution in [-0.2, 0) is 0 Å². The van der Waals surface area contributed by atoms with Gasteiger partial charge >= 0.3 is 6.09 Å². The highest BCUT2D eigenvalue weighted by Crippen LogP contribution is 2.41. The van der Waals surface area contributed by atoms with Gasteiger partial charge in [-0.15, -0.1) is 0 Å². The van der Waals surface area contributed by atoms with Gasteiger partial charge in [-0.1, -0.05) is 0 Å². The number of hydrogen-bond acceptors (Lipinski definition) is 5. The van der Waals surface area contributed by atoms with Gasteiger partial charge in [0.2, 0.25) is 0 Å². The molecular formula is C17H13FN6O3. The second-order valence-corrected chi connectivity index (χ2v) is 6.28. The number of carboxylic acid groups (broad SMARTS) is 1. The molecule has 1 unspecified atom stereocenters. The maximum Gasteiger partial charge on any atom is 0.405 e. The van der Waals surface area contributed by atoms with E-state index in [9.17, 15) is 24.3 Å². The van der Waals surface area contributed by atoms with Crippen molar-refractivity contribution in [3.63, 3.8) is 0 Å². The number of nitrogens with zero attached hydrogens (tertiary/aromatic N) is 4. The maximum absolute atomic E-state index is 13.9. The van der Waals surface area contributed by atoms with E-state index in [1.807, 2.05) is 6.07 Å². The maximum atomic E-state index is 13.9. The molecule has 0 bridgehead atoms. The summed E-state index contributed by atoms with van der Waals surface area (Å²) in [5.41, 5.74) is -0.675. The SMILES string of the molecule is N#Cc1cc(F)cc2c(=O)n(-c3ccn[nH]3)c(C(NC(=O)O)C3CC3)nc12. The van der Waals surface area contributed by atoms with Crippen molar-refractivity contribution in [2.45, 2.75) is 18.9 Å². The van der Waals surface area contributed by atoms with E-state index in [4.69, 9.17) is 0 Å². The number of nitriles is 1. The van der Waals surface area contributed by atoms with Crippen molar-refractivity contribution in [2.24, 2.45) is 5.92 Å². The lowest BCUT2D eigenvalue weighted by molar-refractivity contribution is 0.187. The summed E-state index contributed by atoms with van der Waals surface area (Å²) in [7, 11) is 0. The largest absolute Gasteiger partial charge is 0.465 e. The average Bonchev–Trinajstić information content (AvgIpc) is 3.34. The van der Waals surface area contributed by atoms with Gasteiger partial charge in [0.05, 0.1) is 28.7 Å². The highest BCUT2D eigenvalue weighted by molar-refractivity contribution is 5.84. The predicted octanol–water partition coefficient (Wildman–Crippen LogP) is 1.84. The third kappa shape index (κ3) is 2.89. The van der Waals surface area contributed by atoms with Crippen LogP contribution in [0.1, 0.15) is 30.3 Å². The van der Waals surface area contributed by atoms with Crippen LogP contribution in [-0.4, -0.2) is 30.9 Å². The molecule has 1 aliphatic rings. The normalized spacial score (nSPS) is 14.7. The summed E-state index contributed by atoms with van der Waals surface area (Å²) in [6.07, 6.45) is 1.72. The molecule has 0 spiro atoms. The Kier molecular flexibility index (Phi) is 3.84. The number of rotatable bonds is 4. The van der Waals surface area contributed by atoms with E-state index in [0.717, 1.165) is 25.0 Å². The number of H-pyrrole nitrogens is 1. The molecule has 3 N–H and O–H groups in total. The van der Waals surface area contributed by atoms with Gasteiger partial charge in [0.25, 0.3) is 5.56 Å². The number of hydrogen-bond donors (Lipinski definition) is 3. The summed E-state index contributed by atoms with van der Waals surface area (Å²) in [6, 6.07) is 4.62. The third-order valence-electron chi connectivity index (χ3n) is 4.46. The molecule has 1 fully saturated rings. The van der Waals surface area contributed by atoms with Gasteiger partial charge in [0.1, 0.15) is 23.5 Å². The number of nitrogens with one attached hydrogen (secondary N) is 2. The molecule has 2 heterocycles. The molecule has 10 heteroatoms. The van der Waals surface area contributed by atoms with E-state index in [-0.39, 0.29) is 34.0 Å². The van der Waals surface area contributed by atoms with E-state index >= 15 is 0 Å². The predicted molar refractivity (Wildman–Crippen MR) is 90.8 cm³/mol. The van der Waals surface area contributed by atoms with Crippen LogP contribution in [0.15, 0.2) is 29.2 Å². The Balaban J connectivity index is 2.08. The highest BCUT2D eigenvalue weighted by Gasteiger charge is 2.37. The fourth-order valence-electron chi connectivity index (χ4n) is 3.13. The Hall–Kier alpha value is -3.74. The number of benzene rings is 1. The van der Waals surface area contributed by atoms with Crippen LogP contribution >= 0.6 is 0 Å². The summed E-state index contributed by atoms with van der Waals surface area (Å²) < 4.78 is 15.0. The highest BCUT2D eigenvalue weighted by atomic mass is 19.1. The fourth-order valence-corrected chi connectivity index (χ4v) is 3.13. The number of amides is 1. The van der Waals surface area contributed by atoms with Crippen LogP contribution in [0.4, 0.5) is 9.18 Å². The van der Waals surface area contributed by atoms with Crippen molar-refractivity contribution in [1.82, 2.24) is 25.1 Å². The second kappa shape index (κ2) is 6.21. The third-order valence-corrected chi connectivity index (χ3v) is 4.46. The van der Waals surface area contributed by atoms with Crippen molar-refractivity contribution < 1.29 is 14.3 Å². The molecule has 2 aromatic heterocycles. The molecule has 0 aliphatic heterocycles. The van der Waals surface area contributed by atoms with Gasteiger partial charge < -0.3 is 10.4 Å². The number of halogens is 1. The first kappa shape index (κ1) is 16.7. The molecule has 0 saturated heterocycles. The van der Waals surface area contributed by atoms with Crippen LogP contribution in [0.5, 0.6) is 0 Å². The summed E-state index contributed by atoms with van der Waals surface area (Å²) in [4.78, 5) is 28.8. The van der Waals surface area contributed by atoms with Crippen molar-refractivity contribution in [1.29, 1.82) is 5.26 Å². The lowest BCUT2D eigenvalue weighted by atomic mass is 10.1. The van der Waals surface area contributed by atoms with Crippen molar-refractivity contribution in [3.8, 4) is 11.9 Å². The lowest BCUT2D eigenvalue weighted by Crippen LogP contribution is -2.35. The fraction of sp³-hybridized carbons (Fsp3) is 0.235. The zero-order valence-electron chi connectivity index (χ0n) is 13.8. The first-order valence-corrected chi connectivity index (χ1v) is 8.15. The zero-order chi connectivity index (χ0) is 19.1. The van der Waals surface area contributed by atoms with E-state index in [2.05, 4.69) is 20.5 Å². The van der Waals surface area contributed by atoms with Gasteiger partial charge in [-0.25, -0.2) is 18.7 Å². The van der Waals surface area contributed by atoms with Crippen LogP contribution < -0.4 is 10.9 Å². The Morgan fingerprint density at radius 2 is 2.26 bits per heavy atom. The van der Waals surface area contributed by atoms with Crippen LogP contribution in [0.3, 0.4) is 0 Å². The number of aromatic amines is 1. The Labute approximate surface area is 151 Å². The number of carbonyl (C=O) groups is 1. The van der Waals surface area contributed by atoms with Gasteiger partial charge in [-0.2, -0.15) is 10.4 Å². The first-order valence-electron chi connectivity index (χ1n) is 8.15. The molecule has 3 aromatic rings. The standard InChI is InChI=1S/C17H13FN6O3/c18-10-5-9(7-19)13-11(6-10)16(25)24(12-3-4-20-23-12)15(21-13)14(8-1-2-8)22-17(26)27/h3-6,8,14,22H,1-2H2,(H,20,23)(H,26,27). The first-order chi connectivity index (χ1) is 13.0. The molecule has 1 aliphatic carbocycles. The second-order valence-electron chi connectivity index (χ2n) is 6.28. The van der Waals surface area contributed by atoms with Gasteiger partial charge in [-0.3, -0.25) is 9.89 Å². The Bertz CT molecular complexity index is 1140. The lowest BCUT2D eigenvalue weighted by Gasteiger charge is -2.20. The Morgan fingerprint density at radius 3 is 2.85 bits per heavy atom. The smallest absolute Gasteiger partial charge is 0.405 e. The average molecular weight is 368 g/mol. The van der Waals surface area contributed by atoms with E-state index in [1.54, 1.807) is 0 Å². The minimum atomic E-state index is -1.25. The minimum Gasteiger partial charge on any atom is -0.465 e. The van der Waals surface area contributed by atoms with Crippen molar-refractivity contribution >= 4 is 17.0 Å². The van der Waals surface area contributed by atoms with Crippen LogP contribution in [0, 0.1) is 23.1 Å². The molecule has 9 nitrogen and oxygen atoms in total. The molecular weight excluding hydrogens is 355 g/mol. The molecule has 136 valence electrons. The minimum absolute atomic E-state index is 0.0226. The molecule has 1 amide bonds. The van der Waals surface area contributed by atoms with E-state index < -0.39 is 23.5 Å². The molecule has 1 aromatic carbocycles. The van der Waals surface area contributed by atoms with E-state index in [0.29, 0.717) is 0 Å². The van der Waals surface area contributed by atoms with Gasteiger partial charge in [-0.05, 0) is 30.9 Å². The van der Waals surface area contributed by atoms with Crippen molar-refractivity contribution in [3.05, 3.63) is 52.0 Å².